The molecule has 4 aliphatic rings. The summed E-state index contributed by atoms with van der Waals surface area (Å²) >= 11 is 0. The fraction of sp³-hybridized carbons (Fsp3) is 0.737. The number of likely N-dealkylation sites (tertiary alicyclic amines) is 1. The summed E-state index contributed by atoms with van der Waals surface area (Å²) in [5.41, 5.74) is -0.728. The highest BCUT2D eigenvalue weighted by molar-refractivity contribution is 7.89. The fourth-order valence-electron chi connectivity index (χ4n) is 5.51. The van der Waals surface area contributed by atoms with E-state index in [4.69, 9.17) is 4.74 Å². The van der Waals surface area contributed by atoms with Crippen molar-refractivity contribution in [3.8, 4) is 0 Å². The highest BCUT2D eigenvalue weighted by Crippen LogP contribution is 2.52. The summed E-state index contributed by atoms with van der Waals surface area (Å²) in [6.07, 6.45) is -2.12. The molecule has 160 valence electrons. The highest BCUT2D eigenvalue weighted by atomic mass is 32.2. The maximum absolute atomic E-state index is 12.8. The number of sulfonamides is 1. The summed E-state index contributed by atoms with van der Waals surface area (Å²) in [6, 6.07) is 1.76. The van der Waals surface area contributed by atoms with Crippen molar-refractivity contribution in [1.82, 2.24) is 14.2 Å². The number of halogens is 3. The van der Waals surface area contributed by atoms with Gasteiger partial charge in [-0.05, 0) is 37.8 Å². The van der Waals surface area contributed by atoms with E-state index >= 15 is 0 Å². The molecule has 0 unspecified atom stereocenters. The molecule has 3 saturated heterocycles. The molecule has 0 bridgehead atoms. The minimum Gasteiger partial charge on any atom is -0.380 e. The topological polar surface area (TPSA) is 62.7 Å². The zero-order valence-corrected chi connectivity index (χ0v) is 17.0. The first-order valence-electron chi connectivity index (χ1n) is 9.86. The van der Waals surface area contributed by atoms with Gasteiger partial charge in [0, 0.05) is 43.6 Å². The number of alkyl halides is 3. The highest BCUT2D eigenvalue weighted by Gasteiger charge is 2.57. The molecule has 1 aliphatic carbocycles. The Bertz CT molecular complexity index is 924. The summed E-state index contributed by atoms with van der Waals surface area (Å²) in [5, 5.41) is 0. The number of nitrogens with zero attached hydrogens (tertiary/aromatic N) is 3. The molecule has 6 nitrogen and oxygen atoms in total. The minimum atomic E-state index is -4.59. The molecule has 2 spiro atoms. The summed E-state index contributed by atoms with van der Waals surface area (Å²) in [6.45, 7) is 6.81. The van der Waals surface area contributed by atoms with Crippen LogP contribution in [0.2, 0.25) is 0 Å². The average Bonchev–Trinajstić information content (AvgIpc) is 2.46. The fourth-order valence-corrected chi connectivity index (χ4v) is 7.33. The van der Waals surface area contributed by atoms with Crippen LogP contribution >= 0.6 is 0 Å². The van der Waals surface area contributed by atoms with Crippen LogP contribution in [0.3, 0.4) is 0 Å². The van der Waals surface area contributed by atoms with Crippen LogP contribution in [0, 0.1) is 23.7 Å². The van der Waals surface area contributed by atoms with Crippen molar-refractivity contribution < 1.29 is 26.3 Å². The minimum absolute atomic E-state index is 0.00132. The zero-order chi connectivity index (χ0) is 20.7. The van der Waals surface area contributed by atoms with Gasteiger partial charge in [-0.15, -0.1) is 0 Å². The lowest BCUT2D eigenvalue weighted by Gasteiger charge is -2.62. The summed E-state index contributed by atoms with van der Waals surface area (Å²) in [4.78, 5) is 5.71. The van der Waals surface area contributed by atoms with Crippen LogP contribution < -0.4 is 0 Å². The van der Waals surface area contributed by atoms with E-state index in [1.54, 1.807) is 0 Å². The molecule has 0 N–H and O–H groups in total. The Morgan fingerprint density at radius 1 is 1.14 bits per heavy atom. The Morgan fingerprint density at radius 3 is 2.31 bits per heavy atom. The number of ether oxygens (including phenoxy) is 1. The molecular formula is C19H24F3N3O3S. The second-order valence-electron chi connectivity index (χ2n) is 9.49. The normalized spacial score (nSPS) is 26.6. The Morgan fingerprint density at radius 2 is 1.79 bits per heavy atom. The van der Waals surface area contributed by atoms with Gasteiger partial charge in [-0.2, -0.15) is 17.5 Å². The van der Waals surface area contributed by atoms with Crippen LogP contribution in [0.15, 0.2) is 17.0 Å². The van der Waals surface area contributed by atoms with Gasteiger partial charge in [-0.1, -0.05) is 0 Å². The van der Waals surface area contributed by atoms with Gasteiger partial charge >= 0.3 is 6.18 Å². The predicted octanol–water partition coefficient (Wildman–Crippen LogP) is 2.14. The van der Waals surface area contributed by atoms with E-state index in [-0.39, 0.29) is 16.0 Å². The Labute approximate surface area is 168 Å². The number of hydrogen-bond acceptors (Lipinski definition) is 5. The number of aromatic nitrogens is 1. The van der Waals surface area contributed by atoms with E-state index in [1.807, 2.05) is 0 Å². The maximum Gasteiger partial charge on any atom is 0.433 e. The van der Waals surface area contributed by atoms with Gasteiger partial charge in [0.05, 0.1) is 18.9 Å². The lowest BCUT2D eigenvalue weighted by Crippen LogP contribution is -2.73. The largest absolute Gasteiger partial charge is 0.433 e. The monoisotopic (exact) mass is 431 g/mol. The van der Waals surface area contributed by atoms with E-state index in [1.165, 1.54) is 24.1 Å². The Balaban J connectivity index is 1.16. The maximum atomic E-state index is 12.8. The quantitative estimate of drug-likeness (QED) is 0.731. The van der Waals surface area contributed by atoms with Crippen LogP contribution in [0.4, 0.5) is 13.2 Å². The molecule has 0 atom stereocenters. The number of pyridine rings is 1. The van der Waals surface area contributed by atoms with Gasteiger partial charge in [0.15, 0.2) is 0 Å². The van der Waals surface area contributed by atoms with Gasteiger partial charge < -0.3 is 9.64 Å². The van der Waals surface area contributed by atoms with Crippen molar-refractivity contribution in [3.05, 3.63) is 23.5 Å². The molecule has 4 fully saturated rings. The van der Waals surface area contributed by atoms with Crippen molar-refractivity contribution in [1.29, 1.82) is 0 Å². The first-order chi connectivity index (χ1) is 13.5. The second kappa shape index (κ2) is 6.15. The summed E-state index contributed by atoms with van der Waals surface area (Å²) in [5.74, 6) is 0.719. The molecule has 1 saturated carbocycles. The molecule has 5 rings (SSSR count). The Kier molecular flexibility index (Phi) is 4.18. The molecule has 4 heterocycles. The van der Waals surface area contributed by atoms with Crippen LogP contribution in [-0.2, 0) is 20.9 Å². The molecule has 3 aliphatic heterocycles. The van der Waals surface area contributed by atoms with Gasteiger partial charge in [-0.25, -0.2) is 13.4 Å². The van der Waals surface area contributed by atoms with Crippen molar-refractivity contribution >= 4 is 10.0 Å². The molecule has 1 aromatic rings. The lowest BCUT2D eigenvalue weighted by atomic mass is 9.60. The van der Waals surface area contributed by atoms with Crippen LogP contribution in [0.1, 0.15) is 24.2 Å². The van der Waals surface area contributed by atoms with Crippen molar-refractivity contribution in [3.63, 3.8) is 0 Å². The molecule has 1 aromatic heterocycles. The number of hydrogen-bond donors (Lipinski definition) is 0. The summed E-state index contributed by atoms with van der Waals surface area (Å²) < 4.78 is 70.7. The van der Waals surface area contributed by atoms with Crippen molar-refractivity contribution in [2.75, 3.05) is 45.9 Å². The number of aryl methyl sites for hydroxylation is 1. The van der Waals surface area contributed by atoms with E-state index in [0.29, 0.717) is 18.5 Å². The van der Waals surface area contributed by atoms with Crippen LogP contribution in [-0.4, -0.2) is 68.5 Å². The third kappa shape index (κ3) is 3.19. The first-order valence-corrected chi connectivity index (χ1v) is 11.3. The van der Waals surface area contributed by atoms with Crippen molar-refractivity contribution in [2.24, 2.45) is 16.7 Å². The van der Waals surface area contributed by atoms with Gasteiger partial charge in [-0.3, -0.25) is 0 Å². The van der Waals surface area contributed by atoms with Gasteiger partial charge in [0.2, 0.25) is 10.0 Å². The third-order valence-electron chi connectivity index (χ3n) is 6.86. The van der Waals surface area contributed by atoms with Crippen molar-refractivity contribution in [2.45, 2.75) is 30.8 Å². The van der Waals surface area contributed by atoms with Gasteiger partial charge in [0.25, 0.3) is 0 Å². The molecule has 0 radical (unpaired) electrons. The van der Waals surface area contributed by atoms with E-state index in [2.05, 4.69) is 9.88 Å². The van der Waals surface area contributed by atoms with E-state index in [9.17, 15) is 21.6 Å². The SMILES string of the molecule is Cc1nc(C(F)(F)F)ccc1S(=O)(=O)N1CC2(CN(CC3CC4(COC4)C3)C2)C1. The predicted molar refractivity (Wildman–Crippen MR) is 97.6 cm³/mol. The molecule has 29 heavy (non-hydrogen) atoms. The van der Waals surface area contributed by atoms with Crippen LogP contribution in [0.25, 0.3) is 0 Å². The molecular weight excluding hydrogens is 407 g/mol. The second-order valence-corrected chi connectivity index (χ2v) is 11.4. The van der Waals surface area contributed by atoms with E-state index < -0.39 is 21.9 Å². The zero-order valence-electron chi connectivity index (χ0n) is 16.2. The van der Waals surface area contributed by atoms with Gasteiger partial charge in [0.1, 0.15) is 10.6 Å². The standard InChI is InChI=1S/C19H24F3N3O3S/c1-13-15(2-3-16(23-13)19(20,21)22)29(26,27)25-9-18(10-25)7-24(8-18)6-14-4-17(5-14)11-28-12-17/h2-3,14H,4-12H2,1H3. The number of rotatable bonds is 4. The molecule has 0 aromatic carbocycles. The summed E-state index contributed by atoms with van der Waals surface area (Å²) in [7, 11) is -3.82. The first kappa shape index (κ1) is 19.7. The molecule has 0 amide bonds. The Hall–Kier alpha value is -1.23. The lowest BCUT2D eigenvalue weighted by molar-refractivity contribution is -0.188. The molecule has 10 heteroatoms. The van der Waals surface area contributed by atoms with E-state index in [0.717, 1.165) is 50.9 Å². The van der Waals surface area contributed by atoms with Crippen LogP contribution in [0.5, 0.6) is 0 Å². The average molecular weight is 431 g/mol. The smallest absolute Gasteiger partial charge is 0.380 e. The third-order valence-corrected chi connectivity index (χ3v) is 8.79.